The number of methoxy groups -OCH3 is 1. The number of hydrogen-bond donors (Lipinski definition) is 1. The quantitative estimate of drug-likeness (QED) is 0.643. The maximum Gasteiger partial charge on any atom is 0.241 e. The van der Waals surface area contributed by atoms with Crippen LogP contribution >= 0.6 is 0 Å². The van der Waals surface area contributed by atoms with Crippen molar-refractivity contribution in [2.24, 2.45) is 5.92 Å². The summed E-state index contributed by atoms with van der Waals surface area (Å²) < 4.78 is 10.6. The fraction of sp³-hybridized carbons (Fsp3) is 0.375. The second-order valence-electron chi connectivity index (χ2n) is 8.10. The van der Waals surface area contributed by atoms with Crippen LogP contribution in [0.25, 0.3) is 11.4 Å². The largest absolute Gasteiger partial charge is 0.497 e. The Labute approximate surface area is 182 Å². The predicted molar refractivity (Wildman–Crippen MR) is 119 cm³/mol. The van der Waals surface area contributed by atoms with Crippen molar-refractivity contribution < 1.29 is 14.1 Å². The fourth-order valence-corrected chi connectivity index (χ4v) is 3.84. The Kier molecular flexibility index (Phi) is 6.32. The maximum absolute atomic E-state index is 12.8. The number of amides is 1. The number of aromatic nitrogens is 2. The van der Waals surface area contributed by atoms with E-state index in [0.29, 0.717) is 24.8 Å². The first-order valence-corrected chi connectivity index (χ1v) is 10.6. The summed E-state index contributed by atoms with van der Waals surface area (Å²) in [6.45, 7) is 6.25. The summed E-state index contributed by atoms with van der Waals surface area (Å²) in [5.41, 5.74) is 4.12. The van der Waals surface area contributed by atoms with Crippen LogP contribution in [0.3, 0.4) is 0 Å². The molecule has 1 fully saturated rings. The molecule has 1 aliphatic heterocycles. The van der Waals surface area contributed by atoms with E-state index in [2.05, 4.69) is 34.2 Å². The van der Waals surface area contributed by atoms with Gasteiger partial charge in [0.15, 0.2) is 0 Å². The van der Waals surface area contributed by atoms with Crippen molar-refractivity contribution in [1.82, 2.24) is 15.0 Å². The summed E-state index contributed by atoms with van der Waals surface area (Å²) in [5.74, 6) is 1.90. The molecule has 4 rings (SSSR count). The van der Waals surface area contributed by atoms with Gasteiger partial charge in [0.1, 0.15) is 5.75 Å². The van der Waals surface area contributed by atoms with Crippen molar-refractivity contribution >= 4 is 11.6 Å². The Morgan fingerprint density at radius 1 is 1.19 bits per heavy atom. The molecule has 0 saturated carbocycles. The normalized spacial score (nSPS) is 16.8. The Morgan fingerprint density at radius 3 is 2.74 bits per heavy atom. The van der Waals surface area contributed by atoms with Crippen LogP contribution in [-0.2, 0) is 11.3 Å². The molecule has 3 aromatic rings. The predicted octanol–water partition coefficient (Wildman–Crippen LogP) is 4.21. The second kappa shape index (κ2) is 9.31. The van der Waals surface area contributed by atoms with E-state index in [1.54, 1.807) is 7.11 Å². The number of nitrogens with zero attached hydrogens (tertiary/aromatic N) is 3. The summed E-state index contributed by atoms with van der Waals surface area (Å²) in [5, 5.41) is 7.17. The second-order valence-corrected chi connectivity index (χ2v) is 8.10. The van der Waals surface area contributed by atoms with Gasteiger partial charge in [0.05, 0.1) is 19.6 Å². The van der Waals surface area contributed by atoms with Crippen LogP contribution in [0.2, 0.25) is 0 Å². The molecule has 31 heavy (non-hydrogen) atoms. The summed E-state index contributed by atoms with van der Waals surface area (Å²) in [6.07, 6.45) is 1.85. The molecule has 1 amide bonds. The fourth-order valence-electron chi connectivity index (χ4n) is 3.84. The van der Waals surface area contributed by atoms with E-state index < -0.39 is 0 Å². The van der Waals surface area contributed by atoms with E-state index in [9.17, 15) is 4.79 Å². The molecular formula is C24H28N4O3. The molecule has 1 unspecified atom stereocenters. The van der Waals surface area contributed by atoms with E-state index in [0.717, 1.165) is 36.4 Å². The average molecular weight is 421 g/mol. The highest BCUT2D eigenvalue weighted by atomic mass is 16.5. The van der Waals surface area contributed by atoms with Crippen LogP contribution in [-0.4, -0.2) is 41.1 Å². The summed E-state index contributed by atoms with van der Waals surface area (Å²) >= 11 is 0. The molecule has 1 saturated heterocycles. The van der Waals surface area contributed by atoms with Crippen molar-refractivity contribution in [1.29, 1.82) is 0 Å². The number of nitrogens with one attached hydrogen (secondary N) is 1. The lowest BCUT2D eigenvalue weighted by Gasteiger charge is -2.30. The standard InChI is InChI=1S/C24H28N4O3/c1-16-6-9-20(13-17(16)2)25-24(29)19-5-4-12-28(14-19)15-22-26-23(27-31-22)18-7-10-21(30-3)11-8-18/h6-11,13,19H,4-5,12,14-15H2,1-3H3,(H,25,29). The molecule has 2 heterocycles. The first-order valence-electron chi connectivity index (χ1n) is 10.6. The highest BCUT2D eigenvalue weighted by molar-refractivity contribution is 5.92. The summed E-state index contributed by atoms with van der Waals surface area (Å²) in [4.78, 5) is 19.5. The zero-order valence-electron chi connectivity index (χ0n) is 18.2. The zero-order chi connectivity index (χ0) is 21.8. The molecule has 0 radical (unpaired) electrons. The van der Waals surface area contributed by atoms with Gasteiger partial charge in [-0.15, -0.1) is 0 Å². The Bertz CT molecular complexity index is 1050. The topological polar surface area (TPSA) is 80.5 Å². The SMILES string of the molecule is COc1ccc(-c2noc(CN3CCCC(C(=O)Nc4ccc(C)c(C)c4)C3)n2)cc1. The van der Waals surface area contributed by atoms with Crippen LogP contribution in [0, 0.1) is 19.8 Å². The van der Waals surface area contributed by atoms with E-state index in [1.165, 1.54) is 11.1 Å². The van der Waals surface area contributed by atoms with Gasteiger partial charge < -0.3 is 14.6 Å². The first-order chi connectivity index (χ1) is 15.0. The Morgan fingerprint density at radius 2 is 2.00 bits per heavy atom. The summed E-state index contributed by atoms with van der Waals surface area (Å²) in [7, 11) is 1.63. The number of likely N-dealkylation sites (tertiary alicyclic amines) is 1. The highest BCUT2D eigenvalue weighted by Gasteiger charge is 2.27. The molecule has 0 bridgehead atoms. The third kappa shape index (κ3) is 5.11. The summed E-state index contributed by atoms with van der Waals surface area (Å²) in [6, 6.07) is 13.6. The van der Waals surface area contributed by atoms with Crippen LogP contribution in [0.5, 0.6) is 5.75 Å². The van der Waals surface area contributed by atoms with Crippen molar-refractivity contribution in [2.45, 2.75) is 33.2 Å². The number of benzene rings is 2. The molecule has 1 N–H and O–H groups in total. The minimum absolute atomic E-state index is 0.0562. The lowest BCUT2D eigenvalue weighted by Crippen LogP contribution is -2.40. The lowest BCUT2D eigenvalue weighted by molar-refractivity contribution is -0.121. The van der Waals surface area contributed by atoms with Crippen molar-refractivity contribution in [2.75, 3.05) is 25.5 Å². The van der Waals surface area contributed by atoms with Crippen molar-refractivity contribution in [3.63, 3.8) is 0 Å². The number of piperidine rings is 1. The van der Waals surface area contributed by atoms with Gasteiger partial charge in [0, 0.05) is 17.8 Å². The lowest BCUT2D eigenvalue weighted by atomic mass is 9.97. The van der Waals surface area contributed by atoms with E-state index >= 15 is 0 Å². The number of carbonyl (C=O) groups is 1. The number of carbonyl (C=O) groups excluding carboxylic acids is 1. The van der Waals surface area contributed by atoms with Gasteiger partial charge in [-0.05, 0) is 80.8 Å². The zero-order valence-corrected chi connectivity index (χ0v) is 18.2. The van der Waals surface area contributed by atoms with Crippen LogP contribution in [0.4, 0.5) is 5.69 Å². The van der Waals surface area contributed by atoms with Gasteiger partial charge in [-0.25, -0.2) is 0 Å². The van der Waals surface area contributed by atoms with Gasteiger partial charge in [0.25, 0.3) is 0 Å². The van der Waals surface area contributed by atoms with Gasteiger partial charge in [0.2, 0.25) is 17.6 Å². The minimum Gasteiger partial charge on any atom is -0.497 e. The number of aryl methyl sites for hydroxylation is 2. The van der Waals surface area contributed by atoms with Gasteiger partial charge in [-0.1, -0.05) is 11.2 Å². The van der Waals surface area contributed by atoms with Gasteiger partial charge in [-0.3, -0.25) is 9.69 Å². The number of rotatable bonds is 6. The number of anilines is 1. The molecule has 2 aromatic carbocycles. The molecule has 0 aliphatic carbocycles. The van der Waals surface area contributed by atoms with Gasteiger partial charge >= 0.3 is 0 Å². The smallest absolute Gasteiger partial charge is 0.241 e. The molecule has 1 aliphatic rings. The molecule has 0 spiro atoms. The average Bonchev–Trinajstić information content (AvgIpc) is 3.25. The van der Waals surface area contributed by atoms with E-state index in [-0.39, 0.29) is 11.8 Å². The van der Waals surface area contributed by atoms with Crippen molar-refractivity contribution in [3.8, 4) is 17.1 Å². The third-order valence-electron chi connectivity index (χ3n) is 5.83. The van der Waals surface area contributed by atoms with Crippen molar-refractivity contribution in [3.05, 3.63) is 59.5 Å². The Balaban J connectivity index is 1.36. The molecule has 1 atom stereocenters. The van der Waals surface area contributed by atoms with E-state index in [4.69, 9.17) is 9.26 Å². The van der Waals surface area contributed by atoms with Crippen LogP contribution < -0.4 is 10.1 Å². The first kappa shape index (κ1) is 21.1. The molecular weight excluding hydrogens is 392 g/mol. The third-order valence-corrected chi connectivity index (χ3v) is 5.83. The van der Waals surface area contributed by atoms with E-state index in [1.807, 2.05) is 42.5 Å². The monoisotopic (exact) mass is 420 g/mol. The Hall–Kier alpha value is -3.19. The molecule has 1 aromatic heterocycles. The number of ether oxygens (including phenoxy) is 1. The van der Waals surface area contributed by atoms with Crippen LogP contribution in [0.1, 0.15) is 29.9 Å². The molecule has 7 nitrogen and oxygen atoms in total. The molecule has 7 heteroatoms. The molecule has 162 valence electrons. The van der Waals surface area contributed by atoms with Crippen LogP contribution in [0.15, 0.2) is 47.0 Å². The van der Waals surface area contributed by atoms with Gasteiger partial charge in [-0.2, -0.15) is 4.98 Å². The highest BCUT2D eigenvalue weighted by Crippen LogP contribution is 2.23. The number of hydrogen-bond acceptors (Lipinski definition) is 6. The minimum atomic E-state index is -0.0562. The maximum atomic E-state index is 12.8.